The number of carbonyl (C=O) groups is 1. The van der Waals surface area contributed by atoms with Crippen molar-refractivity contribution in [2.24, 2.45) is 5.92 Å². The fraction of sp³-hybridized carbons (Fsp3) is 0.308. The molecule has 1 aliphatic rings. The lowest BCUT2D eigenvalue weighted by atomic mass is 9.97. The number of benzene rings is 2. The molecule has 196 valence electrons. The minimum Gasteiger partial charge on any atom is -0.475 e. The van der Waals surface area contributed by atoms with Crippen LogP contribution in [0.3, 0.4) is 0 Å². The number of alkyl halides is 3. The number of nitrogens with one attached hydrogen (secondary N) is 1. The highest BCUT2D eigenvalue weighted by molar-refractivity contribution is 7.18. The van der Waals surface area contributed by atoms with E-state index < -0.39 is 12.1 Å². The first kappa shape index (κ1) is 26.8. The van der Waals surface area contributed by atoms with Gasteiger partial charge in [0.15, 0.2) is 0 Å². The van der Waals surface area contributed by atoms with Crippen molar-refractivity contribution in [3.8, 4) is 21.1 Å². The summed E-state index contributed by atoms with van der Waals surface area (Å²) in [5, 5.41) is 16.4. The van der Waals surface area contributed by atoms with Crippen LogP contribution in [0.1, 0.15) is 18.4 Å². The van der Waals surface area contributed by atoms with Crippen LogP contribution in [0.2, 0.25) is 0 Å². The molecule has 1 saturated heterocycles. The summed E-state index contributed by atoms with van der Waals surface area (Å²) < 4.78 is 45.2. The van der Waals surface area contributed by atoms with Gasteiger partial charge < -0.3 is 15.2 Å². The first-order valence-corrected chi connectivity index (χ1v) is 12.4. The molecule has 6 nitrogen and oxygen atoms in total. The van der Waals surface area contributed by atoms with Crippen LogP contribution >= 0.6 is 11.3 Å². The molecular formula is C26H25F4N3O3S. The minimum atomic E-state index is -5.08. The Morgan fingerprint density at radius 1 is 1.05 bits per heavy atom. The van der Waals surface area contributed by atoms with Crippen molar-refractivity contribution in [1.29, 1.82) is 0 Å². The third-order valence-corrected chi connectivity index (χ3v) is 7.28. The number of H-pyrrole nitrogens is 1. The molecule has 5 rings (SSSR count). The highest BCUT2D eigenvalue weighted by Crippen LogP contribution is 2.34. The lowest BCUT2D eigenvalue weighted by Crippen LogP contribution is -2.34. The van der Waals surface area contributed by atoms with Crippen molar-refractivity contribution in [2.45, 2.75) is 25.6 Å². The van der Waals surface area contributed by atoms with Crippen LogP contribution in [-0.4, -0.2) is 56.9 Å². The highest BCUT2D eigenvalue weighted by atomic mass is 32.1. The van der Waals surface area contributed by atoms with E-state index in [1.54, 1.807) is 17.4 Å². The number of carboxylic acids is 1. The molecule has 3 heterocycles. The maximum atomic E-state index is 13.4. The molecule has 0 saturated carbocycles. The summed E-state index contributed by atoms with van der Waals surface area (Å²) in [5.74, 6) is -1.77. The fourth-order valence-electron chi connectivity index (χ4n) is 4.08. The first-order chi connectivity index (χ1) is 17.6. The van der Waals surface area contributed by atoms with Gasteiger partial charge in [0.2, 0.25) is 0 Å². The number of hydrogen-bond donors (Lipinski definition) is 3. The van der Waals surface area contributed by atoms with E-state index in [-0.39, 0.29) is 5.82 Å². The fourth-order valence-corrected chi connectivity index (χ4v) is 5.03. The number of aliphatic hydroxyl groups excluding tert-OH is 1. The normalized spacial score (nSPS) is 14.9. The highest BCUT2D eigenvalue weighted by Gasteiger charge is 2.38. The second-order valence-corrected chi connectivity index (χ2v) is 9.90. The number of aromatic nitrogens is 2. The molecule has 2 aromatic heterocycles. The average Bonchev–Trinajstić information content (AvgIpc) is 3.52. The van der Waals surface area contributed by atoms with Crippen molar-refractivity contribution in [1.82, 2.24) is 14.9 Å². The Bertz CT molecular complexity index is 1340. The lowest BCUT2D eigenvalue weighted by Gasteiger charge is -2.31. The van der Waals surface area contributed by atoms with E-state index in [0.717, 1.165) is 48.7 Å². The Balaban J connectivity index is 0.000000405. The van der Waals surface area contributed by atoms with E-state index in [1.165, 1.54) is 28.1 Å². The Morgan fingerprint density at radius 2 is 1.70 bits per heavy atom. The second-order valence-electron chi connectivity index (χ2n) is 8.81. The molecular weight excluding hydrogens is 510 g/mol. The number of imidazole rings is 1. The molecule has 4 aromatic rings. The summed E-state index contributed by atoms with van der Waals surface area (Å²) >= 11 is 1.68. The number of nitrogens with zero attached hydrogens (tertiary/aromatic N) is 2. The number of thiophene rings is 1. The van der Waals surface area contributed by atoms with Gasteiger partial charge >= 0.3 is 12.1 Å². The number of carboxylic acid groups (broad SMARTS) is 1. The molecule has 1 fully saturated rings. The van der Waals surface area contributed by atoms with E-state index in [9.17, 15) is 22.7 Å². The van der Waals surface area contributed by atoms with E-state index in [2.05, 4.69) is 51.3 Å². The van der Waals surface area contributed by atoms with Crippen LogP contribution in [0.5, 0.6) is 0 Å². The number of piperidine rings is 1. The third-order valence-electron chi connectivity index (χ3n) is 6.14. The van der Waals surface area contributed by atoms with Crippen molar-refractivity contribution in [3.63, 3.8) is 0 Å². The van der Waals surface area contributed by atoms with Crippen LogP contribution in [-0.2, 0) is 11.3 Å². The zero-order chi connectivity index (χ0) is 26.6. The predicted molar refractivity (Wildman–Crippen MR) is 134 cm³/mol. The van der Waals surface area contributed by atoms with Gasteiger partial charge in [-0.1, -0.05) is 24.3 Å². The van der Waals surface area contributed by atoms with E-state index >= 15 is 0 Å². The second kappa shape index (κ2) is 11.4. The van der Waals surface area contributed by atoms with Gasteiger partial charge in [-0.3, -0.25) is 4.90 Å². The van der Waals surface area contributed by atoms with Gasteiger partial charge in [-0.25, -0.2) is 14.2 Å². The van der Waals surface area contributed by atoms with Crippen LogP contribution in [0, 0.1) is 11.7 Å². The van der Waals surface area contributed by atoms with E-state index in [1.807, 2.05) is 0 Å². The van der Waals surface area contributed by atoms with Gasteiger partial charge in [-0.05, 0) is 73.3 Å². The number of hydrogen-bond acceptors (Lipinski definition) is 5. The molecule has 0 radical (unpaired) electrons. The molecule has 0 amide bonds. The SMILES string of the molecule is O=C(O)C(F)(F)F.OCC1CCN(Cc2ccc(-c3ccc(-c4nc5ccc(F)cc5[nH]4)s3)cc2)CC1. The van der Waals surface area contributed by atoms with E-state index in [4.69, 9.17) is 9.90 Å². The molecule has 0 aliphatic carbocycles. The Kier molecular flexibility index (Phi) is 8.25. The van der Waals surface area contributed by atoms with Crippen LogP contribution in [0.25, 0.3) is 32.2 Å². The summed E-state index contributed by atoms with van der Waals surface area (Å²) in [6.07, 6.45) is -2.91. The lowest BCUT2D eigenvalue weighted by molar-refractivity contribution is -0.192. The monoisotopic (exact) mass is 535 g/mol. The molecule has 3 N–H and O–H groups in total. The third kappa shape index (κ3) is 6.94. The van der Waals surface area contributed by atoms with Gasteiger partial charge in [-0.15, -0.1) is 11.3 Å². The van der Waals surface area contributed by atoms with Gasteiger partial charge in [0.05, 0.1) is 15.9 Å². The molecule has 0 bridgehead atoms. The summed E-state index contributed by atoms with van der Waals surface area (Å²) in [6.45, 7) is 3.39. The molecule has 1 aliphatic heterocycles. The summed E-state index contributed by atoms with van der Waals surface area (Å²) in [7, 11) is 0. The standard InChI is InChI=1S/C24H24FN3OS.C2HF3O2/c25-19-5-6-20-21(13-19)27-24(26-20)23-8-7-22(30-23)18-3-1-16(2-4-18)14-28-11-9-17(15-29)10-12-28;3-2(4,5)1(6)7/h1-8,13,17,29H,9-12,14-15H2,(H,26,27);(H,6,7). The van der Waals surface area contributed by atoms with Crippen LogP contribution in [0.15, 0.2) is 54.6 Å². The molecule has 0 spiro atoms. The Labute approximate surface area is 214 Å². The van der Waals surface area contributed by atoms with Crippen molar-refractivity contribution >= 4 is 28.3 Å². The molecule has 2 aromatic carbocycles. The van der Waals surface area contributed by atoms with Crippen molar-refractivity contribution in [2.75, 3.05) is 19.7 Å². The Hall–Kier alpha value is -3.28. The van der Waals surface area contributed by atoms with Crippen LogP contribution < -0.4 is 0 Å². The van der Waals surface area contributed by atoms with Gasteiger partial charge in [-0.2, -0.15) is 13.2 Å². The molecule has 11 heteroatoms. The maximum Gasteiger partial charge on any atom is 0.490 e. The number of fused-ring (bicyclic) bond motifs is 1. The Morgan fingerprint density at radius 3 is 2.32 bits per heavy atom. The average molecular weight is 536 g/mol. The van der Waals surface area contributed by atoms with Gasteiger partial charge in [0.1, 0.15) is 11.6 Å². The zero-order valence-electron chi connectivity index (χ0n) is 19.6. The summed E-state index contributed by atoms with van der Waals surface area (Å²) in [6, 6.07) is 17.6. The topological polar surface area (TPSA) is 89.4 Å². The maximum absolute atomic E-state index is 13.4. The smallest absolute Gasteiger partial charge is 0.475 e. The minimum absolute atomic E-state index is 0.262. The van der Waals surface area contributed by atoms with Gasteiger partial charge in [0.25, 0.3) is 0 Å². The molecule has 37 heavy (non-hydrogen) atoms. The number of rotatable bonds is 5. The predicted octanol–water partition coefficient (Wildman–Crippen LogP) is 5.94. The van der Waals surface area contributed by atoms with Gasteiger partial charge in [0, 0.05) is 18.0 Å². The largest absolute Gasteiger partial charge is 0.490 e. The zero-order valence-corrected chi connectivity index (χ0v) is 20.4. The number of likely N-dealkylation sites (tertiary alicyclic amines) is 1. The molecule has 0 unspecified atom stereocenters. The summed E-state index contributed by atoms with van der Waals surface area (Å²) in [4.78, 5) is 21.4. The summed E-state index contributed by atoms with van der Waals surface area (Å²) in [5.41, 5.74) is 3.99. The first-order valence-electron chi connectivity index (χ1n) is 11.6. The van der Waals surface area contributed by atoms with Crippen molar-refractivity contribution in [3.05, 3.63) is 66.0 Å². The van der Waals surface area contributed by atoms with Crippen molar-refractivity contribution < 1.29 is 32.6 Å². The molecule has 0 atom stereocenters. The quantitative estimate of drug-likeness (QED) is 0.276. The van der Waals surface area contributed by atoms with Crippen LogP contribution in [0.4, 0.5) is 17.6 Å². The number of aliphatic carboxylic acids is 1. The van der Waals surface area contributed by atoms with E-state index in [0.29, 0.717) is 18.0 Å². The number of aliphatic hydroxyl groups is 1. The number of halogens is 4. The number of aromatic amines is 1.